The minimum Gasteiger partial charge on any atom is -0.495 e. The summed E-state index contributed by atoms with van der Waals surface area (Å²) in [5.74, 6) is 0.0522. The van der Waals surface area contributed by atoms with E-state index < -0.39 is 0 Å². The number of nitrogens with one attached hydrogen (secondary N) is 1. The predicted molar refractivity (Wildman–Crippen MR) is 79.7 cm³/mol. The number of fused-ring (bicyclic) bond motifs is 1. The topological polar surface area (TPSA) is 64.6 Å². The lowest BCUT2D eigenvalue weighted by Crippen LogP contribution is -2.35. The lowest BCUT2D eigenvalue weighted by Gasteiger charge is -2.24. The van der Waals surface area contributed by atoms with Gasteiger partial charge >= 0.3 is 5.97 Å². The molecule has 0 spiro atoms. The number of carbonyl (C=O) groups is 2. The van der Waals surface area contributed by atoms with Gasteiger partial charge in [-0.15, -0.1) is 0 Å². The van der Waals surface area contributed by atoms with Gasteiger partial charge in [-0.05, 0) is 37.0 Å². The standard InChI is InChI=1S/C16H16ClNO4/c1-21-11-3-2-8(17)6-10(11)18-15(19)13-7-4-9-12(5-7)22-16(20)14(9)13/h2-3,6-7,9,12-14H,4-5H2,1H3,(H,18,19)/t7-,9-,12+,13-,14-/m1/s1. The molecule has 1 saturated heterocycles. The molecular formula is C16H16ClNO4. The van der Waals surface area contributed by atoms with Crippen LogP contribution in [0.5, 0.6) is 5.75 Å². The molecule has 22 heavy (non-hydrogen) atoms. The van der Waals surface area contributed by atoms with Crippen molar-refractivity contribution in [3.05, 3.63) is 23.2 Å². The maximum atomic E-state index is 12.7. The zero-order chi connectivity index (χ0) is 15.4. The molecule has 1 amide bonds. The molecule has 0 radical (unpaired) electrons. The van der Waals surface area contributed by atoms with Gasteiger partial charge in [0.2, 0.25) is 5.91 Å². The summed E-state index contributed by atoms with van der Waals surface area (Å²) >= 11 is 5.98. The van der Waals surface area contributed by atoms with Crippen LogP contribution in [0.3, 0.4) is 0 Å². The minimum absolute atomic E-state index is 0.0345. The van der Waals surface area contributed by atoms with Crippen molar-refractivity contribution in [1.29, 1.82) is 0 Å². The monoisotopic (exact) mass is 321 g/mol. The maximum absolute atomic E-state index is 12.7. The highest BCUT2D eigenvalue weighted by Gasteiger charge is 2.63. The van der Waals surface area contributed by atoms with E-state index in [2.05, 4.69) is 5.32 Å². The average molecular weight is 322 g/mol. The number of amides is 1. The third-order valence-corrected chi connectivity index (χ3v) is 5.44. The van der Waals surface area contributed by atoms with Crippen LogP contribution in [0.1, 0.15) is 12.8 Å². The second-order valence-corrected chi connectivity index (χ2v) is 6.69. The molecule has 1 aromatic carbocycles. The van der Waals surface area contributed by atoms with Crippen molar-refractivity contribution in [2.24, 2.45) is 23.7 Å². The summed E-state index contributed by atoms with van der Waals surface area (Å²) in [6.07, 6.45) is 1.75. The van der Waals surface area contributed by atoms with E-state index in [0.717, 1.165) is 12.8 Å². The van der Waals surface area contributed by atoms with Crippen LogP contribution in [-0.2, 0) is 14.3 Å². The molecule has 4 rings (SSSR count). The van der Waals surface area contributed by atoms with Gasteiger partial charge < -0.3 is 14.8 Å². The molecule has 2 saturated carbocycles. The second-order valence-electron chi connectivity index (χ2n) is 6.26. The third-order valence-electron chi connectivity index (χ3n) is 5.21. The van der Waals surface area contributed by atoms with Crippen LogP contribution < -0.4 is 10.1 Å². The van der Waals surface area contributed by atoms with Crippen molar-refractivity contribution in [2.75, 3.05) is 12.4 Å². The fourth-order valence-electron chi connectivity index (χ4n) is 4.36. The molecule has 3 fully saturated rings. The van der Waals surface area contributed by atoms with E-state index in [1.165, 1.54) is 7.11 Å². The fraction of sp³-hybridized carbons (Fsp3) is 0.500. The van der Waals surface area contributed by atoms with Crippen LogP contribution in [0.4, 0.5) is 5.69 Å². The Morgan fingerprint density at radius 3 is 3.00 bits per heavy atom. The van der Waals surface area contributed by atoms with Gasteiger partial charge in [-0.3, -0.25) is 9.59 Å². The zero-order valence-electron chi connectivity index (χ0n) is 12.0. The Bertz CT molecular complexity index is 660. The number of ether oxygens (including phenoxy) is 2. The Balaban J connectivity index is 1.59. The van der Waals surface area contributed by atoms with Gasteiger partial charge in [0, 0.05) is 10.9 Å². The highest BCUT2D eigenvalue weighted by molar-refractivity contribution is 6.31. The first-order chi connectivity index (χ1) is 10.6. The molecule has 116 valence electrons. The quantitative estimate of drug-likeness (QED) is 0.869. The van der Waals surface area contributed by atoms with Crippen LogP contribution in [0.15, 0.2) is 18.2 Å². The van der Waals surface area contributed by atoms with E-state index in [0.29, 0.717) is 16.5 Å². The molecule has 1 heterocycles. The number of halogens is 1. The number of hydrogen-bond acceptors (Lipinski definition) is 4. The number of esters is 1. The Morgan fingerprint density at radius 2 is 2.23 bits per heavy atom. The highest BCUT2D eigenvalue weighted by Crippen LogP contribution is 2.57. The summed E-state index contributed by atoms with van der Waals surface area (Å²) in [6.45, 7) is 0. The summed E-state index contributed by atoms with van der Waals surface area (Å²) in [7, 11) is 1.54. The molecule has 5 nitrogen and oxygen atoms in total. The number of hydrogen-bond donors (Lipinski definition) is 1. The first kappa shape index (κ1) is 13.9. The lowest BCUT2D eigenvalue weighted by atomic mass is 9.79. The van der Waals surface area contributed by atoms with Crippen molar-refractivity contribution in [3.8, 4) is 5.75 Å². The van der Waals surface area contributed by atoms with Crippen molar-refractivity contribution in [2.45, 2.75) is 18.9 Å². The molecule has 5 atom stereocenters. The van der Waals surface area contributed by atoms with Crippen LogP contribution in [0, 0.1) is 23.7 Å². The van der Waals surface area contributed by atoms with Crippen molar-refractivity contribution in [3.63, 3.8) is 0 Å². The molecular weight excluding hydrogens is 306 g/mol. The van der Waals surface area contributed by atoms with Gasteiger partial charge in [-0.2, -0.15) is 0 Å². The van der Waals surface area contributed by atoms with Crippen molar-refractivity contribution < 1.29 is 19.1 Å². The second kappa shape index (κ2) is 4.88. The van der Waals surface area contributed by atoms with E-state index in [9.17, 15) is 9.59 Å². The Hall–Kier alpha value is -1.75. The largest absolute Gasteiger partial charge is 0.495 e. The Labute approximate surface area is 132 Å². The molecule has 0 aromatic heterocycles. The van der Waals surface area contributed by atoms with Gasteiger partial charge in [0.25, 0.3) is 0 Å². The van der Waals surface area contributed by atoms with Crippen LogP contribution in [-0.4, -0.2) is 25.1 Å². The van der Waals surface area contributed by atoms with Crippen molar-refractivity contribution >= 4 is 29.2 Å². The smallest absolute Gasteiger partial charge is 0.310 e. The normalized spacial score (nSPS) is 34.6. The van der Waals surface area contributed by atoms with E-state index in [1.807, 2.05) is 0 Å². The van der Waals surface area contributed by atoms with Crippen LogP contribution in [0.2, 0.25) is 5.02 Å². The molecule has 2 aliphatic carbocycles. The van der Waals surface area contributed by atoms with Gasteiger partial charge in [0.05, 0.1) is 24.6 Å². The van der Waals surface area contributed by atoms with E-state index >= 15 is 0 Å². The molecule has 1 aromatic rings. The summed E-state index contributed by atoms with van der Waals surface area (Å²) in [5.41, 5.74) is 0.533. The Morgan fingerprint density at radius 1 is 1.41 bits per heavy atom. The lowest BCUT2D eigenvalue weighted by molar-refractivity contribution is -0.145. The summed E-state index contributed by atoms with van der Waals surface area (Å²) in [5, 5.41) is 3.39. The van der Waals surface area contributed by atoms with Crippen molar-refractivity contribution in [1.82, 2.24) is 0 Å². The van der Waals surface area contributed by atoms with Gasteiger partial charge in [0.15, 0.2) is 0 Å². The molecule has 1 aliphatic heterocycles. The first-order valence-electron chi connectivity index (χ1n) is 7.43. The fourth-order valence-corrected chi connectivity index (χ4v) is 4.53. The molecule has 2 bridgehead atoms. The summed E-state index contributed by atoms with van der Waals surface area (Å²) < 4.78 is 10.6. The van der Waals surface area contributed by atoms with E-state index in [4.69, 9.17) is 21.1 Å². The SMILES string of the molecule is COc1ccc(Cl)cc1NC(=O)[C@@H]1[C@@H]2C[C@H]3[C@H]1C(=O)O[C@H]3C2. The average Bonchev–Trinajstić information content (AvgIpc) is 3.08. The van der Waals surface area contributed by atoms with E-state index in [1.54, 1.807) is 18.2 Å². The minimum atomic E-state index is -0.306. The van der Waals surface area contributed by atoms with E-state index in [-0.39, 0.29) is 41.7 Å². The number of methoxy groups -OCH3 is 1. The molecule has 6 heteroatoms. The number of carbonyl (C=O) groups excluding carboxylic acids is 2. The molecule has 0 unspecified atom stereocenters. The van der Waals surface area contributed by atoms with Gasteiger partial charge in [0.1, 0.15) is 11.9 Å². The maximum Gasteiger partial charge on any atom is 0.310 e. The summed E-state index contributed by atoms with van der Waals surface area (Å²) in [6, 6.07) is 5.06. The first-order valence-corrected chi connectivity index (χ1v) is 7.81. The Kier molecular flexibility index (Phi) is 3.08. The van der Waals surface area contributed by atoms with Crippen LogP contribution in [0.25, 0.3) is 0 Å². The van der Waals surface area contributed by atoms with Gasteiger partial charge in [-0.1, -0.05) is 11.6 Å². The van der Waals surface area contributed by atoms with Gasteiger partial charge in [-0.25, -0.2) is 0 Å². The highest BCUT2D eigenvalue weighted by atomic mass is 35.5. The molecule has 3 aliphatic rings. The zero-order valence-corrected chi connectivity index (χ0v) is 12.8. The molecule has 1 N–H and O–H groups in total. The summed E-state index contributed by atoms with van der Waals surface area (Å²) in [4.78, 5) is 24.7. The number of anilines is 1. The number of benzene rings is 1. The predicted octanol–water partition coefficient (Wildman–Crippen LogP) is 2.48. The number of rotatable bonds is 3. The van der Waals surface area contributed by atoms with Crippen LogP contribution >= 0.6 is 11.6 Å². The third kappa shape index (κ3) is 1.92.